The van der Waals surface area contributed by atoms with E-state index < -0.39 is 5.97 Å². The van der Waals surface area contributed by atoms with E-state index >= 15 is 0 Å². The summed E-state index contributed by atoms with van der Waals surface area (Å²) < 4.78 is 6.94. The fraction of sp³-hybridized carbons (Fsp3) is 0.0556. The molecule has 0 bridgehead atoms. The Balaban J connectivity index is 1.92. The summed E-state index contributed by atoms with van der Waals surface area (Å²) in [5, 5.41) is 12.7. The molecule has 0 spiro atoms. The number of ether oxygens (including phenoxy) is 1. The first-order valence-electron chi connectivity index (χ1n) is 7.56. The minimum absolute atomic E-state index is 0.175. The van der Waals surface area contributed by atoms with Gasteiger partial charge in [0, 0.05) is 18.1 Å². The van der Waals surface area contributed by atoms with Crippen LogP contribution in [0.25, 0.3) is 16.6 Å². The minimum atomic E-state index is -1.01. The Bertz CT molecular complexity index is 1090. The normalized spacial score (nSPS) is 10.9. The highest BCUT2D eigenvalue weighted by Gasteiger charge is 2.17. The van der Waals surface area contributed by atoms with Crippen molar-refractivity contribution in [1.82, 2.24) is 14.4 Å². The Labute approximate surface area is 142 Å². The fourth-order valence-electron chi connectivity index (χ4n) is 2.78. The van der Waals surface area contributed by atoms with Gasteiger partial charge in [0.2, 0.25) is 0 Å². The van der Waals surface area contributed by atoms with Gasteiger partial charge in [0.25, 0.3) is 0 Å². The number of carboxylic acid groups (broad SMARTS) is 1. The third kappa shape index (κ3) is 2.51. The van der Waals surface area contributed by atoms with E-state index in [4.69, 9.17) is 4.74 Å². The van der Waals surface area contributed by atoms with Crippen LogP contribution >= 0.6 is 0 Å². The van der Waals surface area contributed by atoms with Gasteiger partial charge in [-0.2, -0.15) is 0 Å². The molecule has 2 N–H and O–H groups in total. The number of rotatable bonds is 4. The van der Waals surface area contributed by atoms with Gasteiger partial charge in [-0.3, -0.25) is 4.98 Å². The van der Waals surface area contributed by atoms with Crippen LogP contribution in [0.2, 0.25) is 0 Å². The molecule has 4 rings (SSSR count). The van der Waals surface area contributed by atoms with Crippen molar-refractivity contribution in [3.05, 3.63) is 60.6 Å². The molecule has 0 fully saturated rings. The van der Waals surface area contributed by atoms with E-state index in [9.17, 15) is 9.90 Å². The third-order valence-electron chi connectivity index (χ3n) is 3.96. The number of fused-ring (bicyclic) bond motifs is 3. The van der Waals surface area contributed by atoms with Gasteiger partial charge in [0.05, 0.1) is 29.9 Å². The third-order valence-corrected chi connectivity index (χ3v) is 3.96. The molecule has 0 aliphatic heterocycles. The highest BCUT2D eigenvalue weighted by atomic mass is 16.5. The molecule has 1 aromatic carbocycles. The molecule has 25 heavy (non-hydrogen) atoms. The zero-order valence-electron chi connectivity index (χ0n) is 13.3. The number of methoxy groups -OCH3 is 1. The lowest BCUT2D eigenvalue weighted by molar-refractivity contribution is 0.0699. The quantitative estimate of drug-likeness (QED) is 0.595. The number of anilines is 2. The van der Waals surface area contributed by atoms with Crippen LogP contribution in [-0.2, 0) is 0 Å². The molecule has 4 aromatic rings. The summed E-state index contributed by atoms with van der Waals surface area (Å²) in [7, 11) is 1.60. The lowest BCUT2D eigenvalue weighted by Crippen LogP contribution is -2.03. The number of carboxylic acids is 1. The maximum atomic E-state index is 11.6. The predicted molar refractivity (Wildman–Crippen MR) is 93.7 cm³/mol. The average molecular weight is 334 g/mol. The standard InChI is InChI=1S/C18H14N4O3/c1-25-12-4-2-11(3-5-12)20-17-16-13(18(23)24)7-9-22(16)15-10-19-8-6-14(15)21-17/h2-10H,1H3,(H,20,21)(H,23,24). The number of pyridine rings is 1. The average Bonchev–Trinajstić information content (AvgIpc) is 3.08. The molecular weight excluding hydrogens is 320 g/mol. The number of nitrogens with one attached hydrogen (secondary N) is 1. The van der Waals surface area contributed by atoms with E-state index in [0.29, 0.717) is 16.9 Å². The first-order chi connectivity index (χ1) is 12.2. The Hall–Kier alpha value is -3.61. The van der Waals surface area contributed by atoms with Crippen molar-refractivity contribution >= 4 is 34.0 Å². The summed E-state index contributed by atoms with van der Waals surface area (Å²) in [5.41, 5.74) is 2.90. The predicted octanol–water partition coefficient (Wildman–Crippen LogP) is 3.33. The SMILES string of the molecule is COc1ccc(Nc2nc3ccncc3n3ccc(C(=O)O)c23)cc1. The van der Waals surface area contributed by atoms with Gasteiger partial charge in [-0.1, -0.05) is 0 Å². The monoisotopic (exact) mass is 334 g/mol. The molecule has 0 aliphatic rings. The van der Waals surface area contributed by atoms with Crippen LogP contribution in [0.1, 0.15) is 10.4 Å². The van der Waals surface area contributed by atoms with E-state index in [1.807, 2.05) is 24.3 Å². The van der Waals surface area contributed by atoms with E-state index in [1.54, 1.807) is 42.2 Å². The van der Waals surface area contributed by atoms with Crippen LogP contribution in [0.15, 0.2) is 55.0 Å². The van der Waals surface area contributed by atoms with Crippen molar-refractivity contribution in [3.8, 4) is 5.75 Å². The Morgan fingerprint density at radius 2 is 2.00 bits per heavy atom. The second kappa shape index (κ2) is 5.79. The lowest BCUT2D eigenvalue weighted by atomic mass is 10.2. The first kappa shape index (κ1) is 14.9. The maximum Gasteiger partial charge on any atom is 0.338 e. The van der Waals surface area contributed by atoms with Gasteiger partial charge in [-0.05, 0) is 36.4 Å². The number of aromatic carboxylic acids is 1. The summed E-state index contributed by atoms with van der Waals surface area (Å²) in [6.45, 7) is 0. The van der Waals surface area contributed by atoms with Crippen LogP contribution in [0.5, 0.6) is 5.75 Å². The van der Waals surface area contributed by atoms with Gasteiger partial charge < -0.3 is 19.6 Å². The maximum absolute atomic E-state index is 11.6. The lowest BCUT2D eigenvalue weighted by Gasteiger charge is -2.11. The molecule has 7 heteroatoms. The smallest absolute Gasteiger partial charge is 0.338 e. The Morgan fingerprint density at radius 3 is 2.72 bits per heavy atom. The van der Waals surface area contributed by atoms with Gasteiger partial charge in [0.1, 0.15) is 11.3 Å². The second-order valence-corrected chi connectivity index (χ2v) is 5.43. The Morgan fingerprint density at radius 1 is 1.20 bits per heavy atom. The zero-order chi connectivity index (χ0) is 17.4. The second-order valence-electron chi connectivity index (χ2n) is 5.43. The molecule has 0 saturated heterocycles. The van der Waals surface area contributed by atoms with Crippen molar-refractivity contribution in [2.24, 2.45) is 0 Å². The van der Waals surface area contributed by atoms with Gasteiger partial charge >= 0.3 is 5.97 Å². The van der Waals surface area contributed by atoms with Crippen molar-refractivity contribution in [1.29, 1.82) is 0 Å². The van der Waals surface area contributed by atoms with E-state index in [2.05, 4.69) is 15.3 Å². The van der Waals surface area contributed by atoms with Gasteiger partial charge in [0.15, 0.2) is 5.82 Å². The topological polar surface area (TPSA) is 88.8 Å². The molecule has 7 nitrogen and oxygen atoms in total. The molecule has 0 aliphatic carbocycles. The number of carbonyl (C=O) groups is 1. The molecule has 124 valence electrons. The molecule has 3 heterocycles. The van der Waals surface area contributed by atoms with Gasteiger partial charge in [-0.25, -0.2) is 9.78 Å². The number of nitrogens with zero attached hydrogens (tertiary/aromatic N) is 3. The van der Waals surface area contributed by atoms with Crippen molar-refractivity contribution in [2.45, 2.75) is 0 Å². The van der Waals surface area contributed by atoms with Gasteiger partial charge in [-0.15, -0.1) is 0 Å². The highest BCUT2D eigenvalue weighted by molar-refractivity contribution is 6.02. The first-order valence-corrected chi connectivity index (χ1v) is 7.56. The number of hydrogen-bond acceptors (Lipinski definition) is 5. The van der Waals surface area contributed by atoms with Crippen molar-refractivity contribution in [3.63, 3.8) is 0 Å². The summed E-state index contributed by atoms with van der Waals surface area (Å²) >= 11 is 0. The highest BCUT2D eigenvalue weighted by Crippen LogP contribution is 2.28. The van der Waals surface area contributed by atoms with Crippen LogP contribution in [-0.4, -0.2) is 32.6 Å². The summed E-state index contributed by atoms with van der Waals surface area (Å²) in [6.07, 6.45) is 5.03. The van der Waals surface area contributed by atoms with E-state index in [0.717, 1.165) is 17.0 Å². The van der Waals surface area contributed by atoms with E-state index in [-0.39, 0.29) is 5.56 Å². The number of aromatic nitrogens is 3. The molecule has 0 amide bonds. The molecule has 0 atom stereocenters. The van der Waals surface area contributed by atoms with Crippen molar-refractivity contribution < 1.29 is 14.6 Å². The Kier molecular flexibility index (Phi) is 3.46. The van der Waals surface area contributed by atoms with Crippen LogP contribution in [0.3, 0.4) is 0 Å². The minimum Gasteiger partial charge on any atom is -0.497 e. The van der Waals surface area contributed by atoms with Crippen LogP contribution in [0, 0.1) is 0 Å². The van der Waals surface area contributed by atoms with Crippen LogP contribution in [0.4, 0.5) is 11.5 Å². The van der Waals surface area contributed by atoms with E-state index in [1.165, 1.54) is 0 Å². The largest absolute Gasteiger partial charge is 0.497 e. The van der Waals surface area contributed by atoms with Crippen molar-refractivity contribution in [2.75, 3.05) is 12.4 Å². The number of benzene rings is 1. The molecule has 0 radical (unpaired) electrons. The summed E-state index contributed by atoms with van der Waals surface area (Å²) in [5.74, 6) is 0.193. The number of hydrogen-bond donors (Lipinski definition) is 2. The molecule has 3 aromatic heterocycles. The fourth-order valence-corrected chi connectivity index (χ4v) is 2.78. The molecular formula is C18H14N4O3. The van der Waals surface area contributed by atoms with Crippen LogP contribution < -0.4 is 10.1 Å². The summed E-state index contributed by atoms with van der Waals surface area (Å²) in [4.78, 5) is 20.3. The summed E-state index contributed by atoms with van der Waals surface area (Å²) in [6, 6.07) is 10.7. The molecule has 0 unspecified atom stereocenters. The zero-order valence-corrected chi connectivity index (χ0v) is 13.3. The molecule has 0 saturated carbocycles.